The fraction of sp³-hybridized carbons (Fsp3) is 0.143. The van der Waals surface area contributed by atoms with Gasteiger partial charge in [-0.15, -0.1) is 11.8 Å². The molecule has 0 saturated heterocycles. The summed E-state index contributed by atoms with van der Waals surface area (Å²) < 4.78 is 0. The van der Waals surface area contributed by atoms with Crippen LogP contribution in [0.15, 0.2) is 47.4 Å². The van der Waals surface area contributed by atoms with Crippen LogP contribution >= 0.6 is 23.4 Å². The quantitative estimate of drug-likeness (QED) is 0.780. The van der Waals surface area contributed by atoms with E-state index in [1.165, 1.54) is 21.6 Å². The predicted molar refractivity (Wildman–Crippen MR) is 80.6 cm³/mol. The summed E-state index contributed by atoms with van der Waals surface area (Å²) in [5, 5.41) is 0.787. The second-order valence-corrected chi connectivity index (χ2v) is 5.01. The van der Waals surface area contributed by atoms with Crippen LogP contribution in [0.5, 0.6) is 0 Å². The van der Waals surface area contributed by atoms with Crippen molar-refractivity contribution in [3.63, 3.8) is 0 Å². The van der Waals surface area contributed by atoms with E-state index in [9.17, 15) is 0 Å². The van der Waals surface area contributed by atoms with Gasteiger partial charge in [-0.05, 0) is 54.1 Å². The third-order valence-electron chi connectivity index (χ3n) is 2.58. The molecule has 0 aromatic heterocycles. The van der Waals surface area contributed by atoms with E-state index in [1.807, 2.05) is 12.1 Å². The highest BCUT2D eigenvalue weighted by molar-refractivity contribution is 7.98. The number of rotatable bonds is 2. The average Bonchev–Trinajstić information content (AvgIpc) is 2.32. The lowest BCUT2D eigenvalue weighted by Crippen LogP contribution is -1.83. The van der Waals surface area contributed by atoms with Gasteiger partial charge in [0.05, 0.1) is 0 Å². The van der Waals surface area contributed by atoms with Crippen LogP contribution in [0.4, 0.5) is 0 Å². The molecule has 0 atom stereocenters. The molecule has 98 valence electrons. The summed E-state index contributed by atoms with van der Waals surface area (Å²) in [5.41, 5.74) is 3.69. The van der Waals surface area contributed by atoms with Gasteiger partial charge in [0.15, 0.2) is 0 Å². The molecule has 0 saturated carbocycles. The zero-order valence-corrected chi connectivity index (χ0v) is 11.9. The Labute approximate surface area is 117 Å². The molecule has 2 aromatic carbocycles. The van der Waals surface area contributed by atoms with E-state index in [0.29, 0.717) is 0 Å². The van der Waals surface area contributed by atoms with Crippen molar-refractivity contribution in [2.24, 2.45) is 0 Å². The third kappa shape index (κ3) is 3.75. The molecule has 0 aliphatic rings. The van der Waals surface area contributed by atoms with Crippen LogP contribution in [0.3, 0.4) is 0 Å². The number of benzene rings is 2. The van der Waals surface area contributed by atoms with Crippen molar-refractivity contribution in [3.8, 4) is 11.1 Å². The Morgan fingerprint density at radius 2 is 1.72 bits per heavy atom. The van der Waals surface area contributed by atoms with Crippen LogP contribution in [0.1, 0.15) is 5.56 Å². The summed E-state index contributed by atoms with van der Waals surface area (Å²) in [5.74, 6) is 0. The van der Waals surface area contributed by atoms with E-state index in [1.54, 1.807) is 11.8 Å². The van der Waals surface area contributed by atoms with Crippen molar-refractivity contribution in [1.29, 1.82) is 0 Å². The molecular weight excluding hydrogens is 268 g/mol. The van der Waals surface area contributed by atoms with Gasteiger partial charge < -0.3 is 11.0 Å². The highest BCUT2D eigenvalue weighted by Crippen LogP contribution is 2.29. The van der Waals surface area contributed by atoms with E-state index >= 15 is 0 Å². The number of hydrogen-bond acceptors (Lipinski definition) is 1. The van der Waals surface area contributed by atoms with Crippen LogP contribution in [0.25, 0.3) is 11.1 Å². The van der Waals surface area contributed by atoms with Gasteiger partial charge in [0.25, 0.3) is 0 Å². The van der Waals surface area contributed by atoms with Gasteiger partial charge in [0.1, 0.15) is 0 Å². The van der Waals surface area contributed by atoms with Crippen LogP contribution in [-0.4, -0.2) is 17.2 Å². The van der Waals surface area contributed by atoms with E-state index < -0.39 is 0 Å². The molecule has 2 rings (SSSR count). The second kappa shape index (κ2) is 7.44. The second-order valence-electron chi connectivity index (χ2n) is 3.69. The molecule has 0 radical (unpaired) electrons. The maximum Gasteiger partial charge on any atom is 0.0412 e. The van der Waals surface area contributed by atoms with Gasteiger partial charge in [-0.25, -0.2) is 0 Å². The van der Waals surface area contributed by atoms with Gasteiger partial charge in [0, 0.05) is 9.92 Å². The van der Waals surface area contributed by atoms with Crippen LogP contribution in [-0.2, 0) is 0 Å². The average molecular weight is 285 g/mol. The Kier molecular flexibility index (Phi) is 7.02. The smallest absolute Gasteiger partial charge is 0.0412 e. The summed E-state index contributed by atoms with van der Waals surface area (Å²) >= 11 is 7.79. The van der Waals surface area contributed by atoms with Crippen molar-refractivity contribution in [2.75, 3.05) is 6.26 Å². The van der Waals surface area contributed by atoms with Crippen molar-refractivity contribution >= 4 is 23.4 Å². The molecule has 0 heterocycles. The molecule has 2 nitrogen and oxygen atoms in total. The predicted octanol–water partition coefficient (Wildman–Crippen LogP) is 3.39. The number of aryl methyl sites for hydroxylation is 1. The minimum absolute atomic E-state index is 0. The molecule has 0 amide bonds. The molecule has 0 aliphatic carbocycles. The van der Waals surface area contributed by atoms with Gasteiger partial charge in [0.2, 0.25) is 0 Å². The van der Waals surface area contributed by atoms with Gasteiger partial charge in [-0.2, -0.15) is 0 Å². The van der Waals surface area contributed by atoms with Gasteiger partial charge in [-0.3, -0.25) is 0 Å². The van der Waals surface area contributed by atoms with E-state index in [2.05, 4.69) is 43.5 Å². The normalized spacial score (nSPS) is 9.28. The monoisotopic (exact) mass is 284 g/mol. The Morgan fingerprint density at radius 1 is 1.00 bits per heavy atom. The molecule has 0 bridgehead atoms. The third-order valence-corrected chi connectivity index (χ3v) is 3.54. The molecule has 4 N–H and O–H groups in total. The Hall–Kier alpha value is -1.00. The Balaban J connectivity index is 0.00000144. The Bertz CT molecular complexity index is 515. The van der Waals surface area contributed by atoms with Crippen LogP contribution < -0.4 is 0 Å². The topological polar surface area (TPSA) is 63.0 Å². The van der Waals surface area contributed by atoms with Gasteiger partial charge in [-0.1, -0.05) is 29.8 Å². The molecule has 0 spiro atoms. The van der Waals surface area contributed by atoms with Crippen molar-refractivity contribution in [3.05, 3.63) is 53.1 Å². The van der Waals surface area contributed by atoms with Crippen molar-refractivity contribution in [1.82, 2.24) is 0 Å². The number of hydrogen-bond donors (Lipinski definition) is 0. The molecule has 0 aliphatic heterocycles. The summed E-state index contributed by atoms with van der Waals surface area (Å²) in [7, 11) is 0. The largest absolute Gasteiger partial charge is 0.412 e. The molecule has 18 heavy (non-hydrogen) atoms. The zero-order chi connectivity index (χ0) is 11.5. The highest BCUT2D eigenvalue weighted by atomic mass is 35.5. The van der Waals surface area contributed by atoms with Crippen molar-refractivity contribution in [2.45, 2.75) is 11.8 Å². The molecule has 2 aromatic rings. The molecular formula is C14H17ClO2S. The minimum atomic E-state index is 0. The Morgan fingerprint density at radius 3 is 2.39 bits per heavy atom. The SMILES string of the molecule is CSc1cccc(-c2cc(Cl)ccc2C)c1.O.O. The lowest BCUT2D eigenvalue weighted by Gasteiger charge is -2.07. The molecule has 4 heteroatoms. The zero-order valence-electron chi connectivity index (χ0n) is 10.3. The maximum atomic E-state index is 6.04. The van der Waals surface area contributed by atoms with E-state index in [-0.39, 0.29) is 11.0 Å². The van der Waals surface area contributed by atoms with Crippen molar-refractivity contribution < 1.29 is 11.0 Å². The fourth-order valence-corrected chi connectivity index (χ4v) is 2.33. The maximum absolute atomic E-state index is 6.04. The first-order valence-electron chi connectivity index (χ1n) is 5.11. The summed E-state index contributed by atoms with van der Waals surface area (Å²) in [6, 6.07) is 14.5. The van der Waals surface area contributed by atoms with E-state index in [0.717, 1.165) is 5.02 Å². The lowest BCUT2D eigenvalue weighted by molar-refractivity contribution is 0.823. The fourth-order valence-electron chi connectivity index (χ4n) is 1.70. The van der Waals surface area contributed by atoms with Crippen LogP contribution in [0, 0.1) is 6.92 Å². The first kappa shape index (κ1) is 17.0. The lowest BCUT2D eigenvalue weighted by atomic mass is 10.0. The summed E-state index contributed by atoms with van der Waals surface area (Å²) in [6.07, 6.45) is 2.09. The first-order chi connectivity index (χ1) is 7.70. The van der Waals surface area contributed by atoms with E-state index in [4.69, 9.17) is 11.6 Å². The molecule has 0 unspecified atom stereocenters. The number of halogens is 1. The minimum Gasteiger partial charge on any atom is -0.412 e. The summed E-state index contributed by atoms with van der Waals surface area (Å²) in [6.45, 7) is 2.11. The van der Waals surface area contributed by atoms with Gasteiger partial charge >= 0.3 is 0 Å². The first-order valence-corrected chi connectivity index (χ1v) is 6.71. The highest BCUT2D eigenvalue weighted by Gasteiger charge is 2.03. The summed E-state index contributed by atoms with van der Waals surface area (Å²) in [4.78, 5) is 1.27. The van der Waals surface area contributed by atoms with Crippen LogP contribution in [0.2, 0.25) is 5.02 Å². The molecule has 0 fully saturated rings. The number of thioether (sulfide) groups is 1. The standard InChI is InChI=1S/C14H13ClS.2H2O/c1-10-6-7-12(15)9-14(10)11-4-3-5-13(8-11)16-2;;/h3-9H,1-2H3;2*1H2.